The van der Waals surface area contributed by atoms with Gasteiger partial charge in [0.2, 0.25) is 10.0 Å². The number of fused-ring (bicyclic) bond motifs is 1. The van der Waals surface area contributed by atoms with Gasteiger partial charge < -0.3 is 10.6 Å². The molecule has 0 fully saturated rings. The molecular formula is C14H20ClN3O3S. The molecule has 0 spiro atoms. The summed E-state index contributed by atoms with van der Waals surface area (Å²) in [4.78, 5) is 12.2. The van der Waals surface area contributed by atoms with E-state index in [2.05, 4.69) is 15.4 Å². The Kier molecular flexibility index (Phi) is 5.31. The molecule has 0 aromatic heterocycles. The van der Waals surface area contributed by atoms with E-state index in [1.165, 1.54) is 0 Å². The van der Waals surface area contributed by atoms with Gasteiger partial charge in [0.1, 0.15) is 5.70 Å². The summed E-state index contributed by atoms with van der Waals surface area (Å²) in [5.74, 6) is -0.0706. The number of allylic oxidation sites excluding steroid dienone is 4. The van der Waals surface area contributed by atoms with E-state index in [1.807, 2.05) is 25.2 Å². The van der Waals surface area contributed by atoms with E-state index in [4.69, 9.17) is 11.6 Å². The first kappa shape index (κ1) is 17.1. The Balaban J connectivity index is 1.82. The van der Waals surface area contributed by atoms with Gasteiger partial charge in [-0.05, 0) is 38.0 Å². The van der Waals surface area contributed by atoms with E-state index < -0.39 is 10.0 Å². The van der Waals surface area contributed by atoms with Crippen molar-refractivity contribution in [1.82, 2.24) is 15.4 Å². The summed E-state index contributed by atoms with van der Waals surface area (Å²) in [6.45, 7) is 2.13. The monoisotopic (exact) mass is 345 g/mol. The molecule has 1 heterocycles. The Morgan fingerprint density at radius 1 is 1.50 bits per heavy atom. The fourth-order valence-corrected chi connectivity index (χ4v) is 3.06. The molecule has 6 nitrogen and oxygen atoms in total. The predicted molar refractivity (Wildman–Crippen MR) is 86.4 cm³/mol. The highest BCUT2D eigenvalue weighted by atomic mass is 35.5. The molecular weight excluding hydrogens is 326 g/mol. The fourth-order valence-electron chi connectivity index (χ4n) is 2.34. The molecule has 2 aliphatic rings. The largest absolute Gasteiger partial charge is 0.354 e. The number of carbonyl (C=O) groups excluding carboxylic acids is 1. The maximum atomic E-state index is 12.2. The summed E-state index contributed by atoms with van der Waals surface area (Å²) < 4.78 is 24.4. The van der Waals surface area contributed by atoms with Crippen LogP contribution in [0.1, 0.15) is 19.8 Å². The Morgan fingerprint density at radius 3 is 2.91 bits per heavy atom. The van der Waals surface area contributed by atoms with E-state index in [0.29, 0.717) is 25.1 Å². The molecule has 0 radical (unpaired) electrons. The van der Waals surface area contributed by atoms with Crippen molar-refractivity contribution in [3.05, 3.63) is 34.7 Å². The maximum Gasteiger partial charge on any atom is 0.267 e. The molecule has 1 amide bonds. The highest BCUT2D eigenvalue weighted by Crippen LogP contribution is 2.31. The number of rotatable bonds is 6. The lowest BCUT2D eigenvalue weighted by Gasteiger charge is -2.15. The van der Waals surface area contributed by atoms with Crippen molar-refractivity contribution in [1.29, 1.82) is 0 Å². The maximum absolute atomic E-state index is 12.2. The van der Waals surface area contributed by atoms with Crippen LogP contribution in [0.25, 0.3) is 0 Å². The number of hydrogen-bond donors (Lipinski definition) is 3. The highest BCUT2D eigenvalue weighted by Gasteiger charge is 2.27. The highest BCUT2D eigenvalue weighted by molar-refractivity contribution is 7.88. The van der Waals surface area contributed by atoms with E-state index in [9.17, 15) is 13.2 Å². The molecule has 0 saturated heterocycles. The zero-order valence-corrected chi connectivity index (χ0v) is 14.1. The Hall–Kier alpha value is -1.31. The van der Waals surface area contributed by atoms with Gasteiger partial charge in [-0.15, -0.1) is 0 Å². The zero-order valence-electron chi connectivity index (χ0n) is 12.5. The van der Waals surface area contributed by atoms with Crippen LogP contribution >= 0.6 is 11.6 Å². The van der Waals surface area contributed by atoms with Gasteiger partial charge in [0.25, 0.3) is 5.91 Å². The van der Waals surface area contributed by atoms with Crippen LogP contribution in [0.5, 0.6) is 0 Å². The van der Waals surface area contributed by atoms with E-state index in [0.717, 1.165) is 17.0 Å². The smallest absolute Gasteiger partial charge is 0.267 e. The van der Waals surface area contributed by atoms with Crippen LogP contribution < -0.4 is 15.4 Å². The summed E-state index contributed by atoms with van der Waals surface area (Å²) in [7, 11) is -3.20. The van der Waals surface area contributed by atoms with Crippen molar-refractivity contribution < 1.29 is 13.2 Å². The van der Waals surface area contributed by atoms with Crippen LogP contribution in [-0.4, -0.2) is 33.2 Å². The number of nitrogens with one attached hydrogen (secondary N) is 3. The van der Waals surface area contributed by atoms with Crippen LogP contribution in [0.3, 0.4) is 0 Å². The normalized spacial score (nSPS) is 22.0. The first-order chi connectivity index (χ1) is 10.2. The molecule has 2 rings (SSSR count). The second-order valence-electron chi connectivity index (χ2n) is 5.58. The number of hydrogen-bond acceptors (Lipinski definition) is 4. The van der Waals surface area contributed by atoms with Gasteiger partial charge in [-0.25, -0.2) is 13.1 Å². The number of carbonyl (C=O) groups is 1. The van der Waals surface area contributed by atoms with Gasteiger partial charge in [-0.1, -0.05) is 11.6 Å². The standard InChI is InChI=1S/C14H20ClN3O3S/c1-9(5-6-16-22(2,20)21)17-14(19)13-8-10-7-11(15)3-4-12(10)18-13/h3-4,8-10,16,18H,5-7H2,1-2H3,(H,17,19). The molecule has 0 aromatic carbocycles. The second-order valence-corrected chi connectivity index (χ2v) is 7.90. The van der Waals surface area contributed by atoms with Gasteiger partial charge in [0, 0.05) is 29.2 Å². The predicted octanol–water partition coefficient (Wildman–Crippen LogP) is 0.944. The van der Waals surface area contributed by atoms with Gasteiger partial charge in [0.05, 0.1) is 6.26 Å². The zero-order chi connectivity index (χ0) is 16.3. The average molecular weight is 346 g/mol. The van der Waals surface area contributed by atoms with Crippen molar-refractivity contribution in [3.63, 3.8) is 0 Å². The van der Waals surface area contributed by atoms with Crippen molar-refractivity contribution in [2.45, 2.75) is 25.8 Å². The molecule has 22 heavy (non-hydrogen) atoms. The fraction of sp³-hybridized carbons (Fsp3) is 0.500. The Bertz CT molecular complexity index is 652. The summed E-state index contributed by atoms with van der Waals surface area (Å²) in [6.07, 6.45) is 7.91. The number of sulfonamides is 1. The first-order valence-electron chi connectivity index (χ1n) is 7.05. The molecule has 2 unspecified atom stereocenters. The average Bonchev–Trinajstić information content (AvgIpc) is 2.80. The SMILES string of the molecule is CC(CCNS(C)(=O)=O)NC(=O)C1=CC2CC(Cl)=CC=C2N1. The van der Waals surface area contributed by atoms with E-state index in [1.54, 1.807) is 0 Å². The van der Waals surface area contributed by atoms with Crippen LogP contribution in [0, 0.1) is 5.92 Å². The lowest BCUT2D eigenvalue weighted by Crippen LogP contribution is -2.38. The topological polar surface area (TPSA) is 87.3 Å². The van der Waals surface area contributed by atoms with Crippen LogP contribution in [0.4, 0.5) is 0 Å². The Labute approximate surface area is 135 Å². The van der Waals surface area contributed by atoms with Crippen molar-refractivity contribution in [2.24, 2.45) is 5.92 Å². The minimum atomic E-state index is -3.20. The number of amides is 1. The van der Waals surface area contributed by atoms with Gasteiger partial charge in [0.15, 0.2) is 0 Å². The molecule has 0 aromatic rings. The molecule has 8 heteroatoms. The molecule has 3 N–H and O–H groups in total. The van der Waals surface area contributed by atoms with Crippen molar-refractivity contribution >= 4 is 27.5 Å². The van der Waals surface area contributed by atoms with E-state index >= 15 is 0 Å². The molecule has 0 bridgehead atoms. The quantitative estimate of drug-likeness (QED) is 0.668. The molecule has 1 aliphatic heterocycles. The number of halogens is 1. The Morgan fingerprint density at radius 2 is 2.23 bits per heavy atom. The van der Waals surface area contributed by atoms with Crippen molar-refractivity contribution in [3.8, 4) is 0 Å². The van der Waals surface area contributed by atoms with Crippen molar-refractivity contribution in [2.75, 3.05) is 12.8 Å². The summed E-state index contributed by atoms with van der Waals surface area (Å²) >= 11 is 5.99. The lowest BCUT2D eigenvalue weighted by atomic mass is 9.99. The van der Waals surface area contributed by atoms with Crippen LogP contribution in [0.2, 0.25) is 0 Å². The van der Waals surface area contributed by atoms with Gasteiger partial charge >= 0.3 is 0 Å². The molecule has 1 aliphatic carbocycles. The van der Waals surface area contributed by atoms with Crippen LogP contribution in [0.15, 0.2) is 34.7 Å². The molecule has 0 saturated carbocycles. The third-order valence-corrected chi connectivity index (χ3v) is 4.48. The summed E-state index contributed by atoms with van der Waals surface area (Å²) in [6, 6.07) is -0.136. The molecule has 2 atom stereocenters. The van der Waals surface area contributed by atoms with Gasteiger partial charge in [-0.2, -0.15) is 0 Å². The second kappa shape index (κ2) is 6.85. The first-order valence-corrected chi connectivity index (χ1v) is 9.32. The minimum Gasteiger partial charge on any atom is -0.354 e. The minimum absolute atomic E-state index is 0.125. The third-order valence-electron chi connectivity index (χ3n) is 3.47. The molecule has 122 valence electrons. The van der Waals surface area contributed by atoms with Gasteiger partial charge in [-0.3, -0.25) is 4.79 Å². The summed E-state index contributed by atoms with van der Waals surface area (Å²) in [5.41, 5.74) is 1.49. The summed E-state index contributed by atoms with van der Waals surface area (Å²) in [5, 5.41) is 6.71. The third kappa shape index (κ3) is 4.86. The van der Waals surface area contributed by atoms with Crippen LogP contribution in [-0.2, 0) is 14.8 Å². The van der Waals surface area contributed by atoms with E-state index in [-0.39, 0.29) is 17.9 Å². The lowest BCUT2D eigenvalue weighted by molar-refractivity contribution is -0.118.